The summed E-state index contributed by atoms with van der Waals surface area (Å²) in [4.78, 5) is 23.7. The van der Waals surface area contributed by atoms with Crippen molar-refractivity contribution in [1.82, 2.24) is 10.6 Å². The van der Waals surface area contributed by atoms with Crippen LogP contribution in [0.3, 0.4) is 0 Å². The molecule has 0 bridgehead atoms. The van der Waals surface area contributed by atoms with E-state index in [9.17, 15) is 9.59 Å². The second-order valence-electron chi connectivity index (χ2n) is 5.28. The highest BCUT2D eigenvalue weighted by atomic mass is 16.7. The fraction of sp³-hybridized carbons (Fsp3) is 0.222. The van der Waals surface area contributed by atoms with Gasteiger partial charge in [0.25, 0.3) is 11.8 Å². The number of carbonyl (C=O) groups is 2. The molecule has 0 radical (unpaired) electrons. The van der Waals surface area contributed by atoms with Crippen molar-refractivity contribution in [2.75, 3.05) is 26.5 Å². The maximum absolute atomic E-state index is 12.1. The fourth-order valence-corrected chi connectivity index (χ4v) is 2.23. The topological polar surface area (TPSA) is 85.9 Å². The van der Waals surface area contributed by atoms with Gasteiger partial charge in [-0.15, -0.1) is 0 Å². The predicted octanol–water partition coefficient (Wildman–Crippen LogP) is 1.34. The average Bonchev–Trinajstić information content (AvgIpc) is 3.12. The van der Waals surface area contributed by atoms with Gasteiger partial charge in [-0.2, -0.15) is 0 Å². The Bertz CT molecular complexity index is 748. The van der Waals surface area contributed by atoms with E-state index in [1.165, 1.54) is 0 Å². The third-order valence-electron chi connectivity index (χ3n) is 3.48. The van der Waals surface area contributed by atoms with Gasteiger partial charge in [-0.1, -0.05) is 18.2 Å². The Morgan fingerprint density at radius 1 is 0.960 bits per heavy atom. The van der Waals surface area contributed by atoms with Gasteiger partial charge in [0.1, 0.15) is 5.75 Å². The largest absolute Gasteiger partial charge is 0.484 e. The molecule has 0 aliphatic carbocycles. The minimum Gasteiger partial charge on any atom is -0.484 e. The van der Waals surface area contributed by atoms with Crippen molar-refractivity contribution in [1.29, 1.82) is 0 Å². The Labute approximate surface area is 144 Å². The highest BCUT2D eigenvalue weighted by Crippen LogP contribution is 2.32. The Balaban J connectivity index is 1.35. The van der Waals surface area contributed by atoms with E-state index in [-0.39, 0.29) is 25.2 Å². The molecule has 1 aliphatic rings. The lowest BCUT2D eigenvalue weighted by Gasteiger charge is -2.09. The molecule has 2 amide bonds. The van der Waals surface area contributed by atoms with Crippen LogP contribution in [0, 0.1) is 0 Å². The molecule has 7 heteroatoms. The zero-order chi connectivity index (χ0) is 17.5. The van der Waals surface area contributed by atoms with Crippen LogP contribution in [0.1, 0.15) is 10.4 Å². The minimum absolute atomic E-state index is 0.0693. The van der Waals surface area contributed by atoms with Crippen molar-refractivity contribution in [3.05, 3.63) is 54.1 Å². The molecule has 0 spiro atoms. The number of hydrogen-bond donors (Lipinski definition) is 2. The first kappa shape index (κ1) is 16.6. The number of benzene rings is 2. The Morgan fingerprint density at radius 2 is 1.72 bits per heavy atom. The second kappa shape index (κ2) is 8.05. The number of para-hydroxylation sites is 1. The van der Waals surface area contributed by atoms with Gasteiger partial charge in [0.05, 0.1) is 0 Å². The number of rotatable bonds is 7. The number of amides is 2. The number of nitrogens with one attached hydrogen (secondary N) is 2. The van der Waals surface area contributed by atoms with E-state index in [1.807, 2.05) is 18.2 Å². The molecule has 2 aromatic rings. The number of carbonyl (C=O) groups excluding carboxylic acids is 2. The molecular weight excluding hydrogens is 324 g/mol. The van der Waals surface area contributed by atoms with Crippen LogP contribution in [-0.2, 0) is 4.79 Å². The summed E-state index contributed by atoms with van der Waals surface area (Å²) >= 11 is 0. The van der Waals surface area contributed by atoms with Crippen molar-refractivity contribution in [3.8, 4) is 17.2 Å². The van der Waals surface area contributed by atoms with Crippen molar-refractivity contribution in [2.24, 2.45) is 0 Å². The van der Waals surface area contributed by atoms with Crippen LogP contribution in [0.5, 0.6) is 17.2 Å². The SMILES string of the molecule is O=C(COc1ccccc1)NCCNC(=O)c1ccc2c(c1)OCO2. The maximum atomic E-state index is 12.1. The van der Waals surface area contributed by atoms with E-state index in [1.54, 1.807) is 30.3 Å². The van der Waals surface area contributed by atoms with Gasteiger partial charge in [0.2, 0.25) is 6.79 Å². The van der Waals surface area contributed by atoms with Gasteiger partial charge in [-0.3, -0.25) is 9.59 Å². The van der Waals surface area contributed by atoms with E-state index < -0.39 is 0 Å². The zero-order valence-corrected chi connectivity index (χ0v) is 13.5. The Kier molecular flexibility index (Phi) is 5.36. The molecule has 1 aliphatic heterocycles. The lowest BCUT2D eigenvalue weighted by molar-refractivity contribution is -0.123. The first-order valence-corrected chi connectivity index (χ1v) is 7.85. The van der Waals surface area contributed by atoms with Crippen LogP contribution in [0.15, 0.2) is 48.5 Å². The third-order valence-corrected chi connectivity index (χ3v) is 3.48. The van der Waals surface area contributed by atoms with Crippen molar-refractivity contribution >= 4 is 11.8 Å². The molecule has 25 heavy (non-hydrogen) atoms. The minimum atomic E-state index is -0.249. The first-order valence-electron chi connectivity index (χ1n) is 7.85. The molecule has 0 fully saturated rings. The van der Waals surface area contributed by atoms with E-state index in [4.69, 9.17) is 14.2 Å². The van der Waals surface area contributed by atoms with Gasteiger partial charge < -0.3 is 24.8 Å². The molecule has 0 atom stereocenters. The van der Waals surface area contributed by atoms with Crippen LogP contribution >= 0.6 is 0 Å². The smallest absolute Gasteiger partial charge is 0.258 e. The number of fused-ring (bicyclic) bond motifs is 1. The lowest BCUT2D eigenvalue weighted by atomic mass is 10.2. The standard InChI is InChI=1S/C18H18N2O5/c21-17(11-23-14-4-2-1-3-5-14)19-8-9-20-18(22)13-6-7-15-16(10-13)25-12-24-15/h1-7,10H,8-9,11-12H2,(H,19,21)(H,20,22). The molecule has 2 aromatic carbocycles. The summed E-state index contributed by atoms with van der Waals surface area (Å²) in [5, 5.41) is 5.41. The Morgan fingerprint density at radius 3 is 2.56 bits per heavy atom. The predicted molar refractivity (Wildman–Crippen MR) is 89.8 cm³/mol. The summed E-state index contributed by atoms with van der Waals surface area (Å²) in [5.41, 5.74) is 0.475. The van der Waals surface area contributed by atoms with Gasteiger partial charge in [0.15, 0.2) is 18.1 Å². The summed E-state index contributed by atoms with van der Waals surface area (Å²) in [6.45, 7) is 0.717. The Hall–Kier alpha value is -3.22. The molecule has 0 saturated heterocycles. The molecule has 0 unspecified atom stereocenters. The molecule has 0 aromatic heterocycles. The number of hydrogen-bond acceptors (Lipinski definition) is 5. The summed E-state index contributed by atoms with van der Waals surface area (Å²) in [6, 6.07) is 14.1. The lowest BCUT2D eigenvalue weighted by Crippen LogP contribution is -2.36. The fourth-order valence-electron chi connectivity index (χ4n) is 2.23. The molecular formula is C18H18N2O5. The van der Waals surface area contributed by atoms with Crippen LogP contribution in [-0.4, -0.2) is 38.3 Å². The summed E-state index contributed by atoms with van der Waals surface area (Å²) in [5.74, 6) is 1.32. The quantitative estimate of drug-likeness (QED) is 0.742. The zero-order valence-electron chi connectivity index (χ0n) is 13.5. The molecule has 0 saturated carbocycles. The van der Waals surface area contributed by atoms with E-state index >= 15 is 0 Å². The van der Waals surface area contributed by atoms with Gasteiger partial charge in [-0.05, 0) is 30.3 Å². The highest BCUT2D eigenvalue weighted by Gasteiger charge is 2.15. The van der Waals surface area contributed by atoms with Crippen molar-refractivity contribution in [3.63, 3.8) is 0 Å². The van der Waals surface area contributed by atoms with Crippen LogP contribution < -0.4 is 24.8 Å². The second-order valence-corrected chi connectivity index (χ2v) is 5.28. The van der Waals surface area contributed by atoms with Gasteiger partial charge in [-0.25, -0.2) is 0 Å². The van der Waals surface area contributed by atoms with Crippen molar-refractivity contribution in [2.45, 2.75) is 0 Å². The van der Waals surface area contributed by atoms with E-state index in [0.29, 0.717) is 35.9 Å². The maximum Gasteiger partial charge on any atom is 0.258 e. The highest BCUT2D eigenvalue weighted by molar-refractivity contribution is 5.95. The average molecular weight is 342 g/mol. The molecule has 2 N–H and O–H groups in total. The summed E-state index contributed by atoms with van der Waals surface area (Å²) in [6.07, 6.45) is 0. The normalized spacial score (nSPS) is 11.7. The third kappa shape index (κ3) is 4.63. The van der Waals surface area contributed by atoms with Crippen molar-refractivity contribution < 1.29 is 23.8 Å². The van der Waals surface area contributed by atoms with E-state index in [2.05, 4.69) is 10.6 Å². The summed E-state index contributed by atoms with van der Waals surface area (Å²) in [7, 11) is 0. The van der Waals surface area contributed by atoms with Crippen LogP contribution in [0.25, 0.3) is 0 Å². The van der Waals surface area contributed by atoms with Crippen LogP contribution in [0.4, 0.5) is 0 Å². The van der Waals surface area contributed by atoms with Gasteiger partial charge in [0, 0.05) is 18.7 Å². The molecule has 1 heterocycles. The first-order chi connectivity index (χ1) is 12.2. The van der Waals surface area contributed by atoms with E-state index in [0.717, 1.165) is 0 Å². The molecule has 3 rings (SSSR count). The molecule has 7 nitrogen and oxygen atoms in total. The monoisotopic (exact) mass is 342 g/mol. The van der Waals surface area contributed by atoms with Gasteiger partial charge >= 0.3 is 0 Å². The number of ether oxygens (including phenoxy) is 3. The molecule has 130 valence electrons. The summed E-state index contributed by atoms with van der Waals surface area (Å²) < 4.78 is 15.8. The van der Waals surface area contributed by atoms with Crippen LogP contribution in [0.2, 0.25) is 0 Å².